The molecule has 0 aliphatic rings. The highest BCUT2D eigenvalue weighted by molar-refractivity contribution is 5.79. The second-order valence-corrected chi connectivity index (χ2v) is 6.09. The Hall–Kier alpha value is -2.43. The highest BCUT2D eigenvalue weighted by Crippen LogP contribution is 2.19. The Morgan fingerprint density at radius 3 is 2.48 bits per heavy atom. The Labute approximate surface area is 136 Å². The van der Waals surface area contributed by atoms with Gasteiger partial charge in [0.2, 0.25) is 5.95 Å². The Kier molecular flexibility index (Phi) is 4.28. The van der Waals surface area contributed by atoms with Crippen molar-refractivity contribution in [1.82, 2.24) is 19.9 Å². The molecule has 2 N–H and O–H groups in total. The predicted molar refractivity (Wildman–Crippen MR) is 93.9 cm³/mol. The van der Waals surface area contributed by atoms with Gasteiger partial charge in [0, 0.05) is 24.4 Å². The fourth-order valence-corrected chi connectivity index (χ4v) is 2.74. The molecule has 0 aliphatic heterocycles. The minimum atomic E-state index is 0.707. The maximum atomic E-state index is 4.73. The van der Waals surface area contributed by atoms with Crippen LogP contribution in [0, 0.1) is 27.7 Å². The van der Waals surface area contributed by atoms with Crippen LogP contribution in [0.3, 0.4) is 0 Å². The number of imidazole rings is 1. The van der Waals surface area contributed by atoms with E-state index < -0.39 is 0 Å². The van der Waals surface area contributed by atoms with Crippen LogP contribution in [0.2, 0.25) is 0 Å². The largest absolute Gasteiger partial charge is 0.354 e. The van der Waals surface area contributed by atoms with Gasteiger partial charge in [0.05, 0.1) is 11.0 Å². The van der Waals surface area contributed by atoms with E-state index in [0.717, 1.165) is 47.6 Å². The molecule has 3 rings (SSSR count). The molecule has 5 heteroatoms. The van der Waals surface area contributed by atoms with E-state index in [1.165, 1.54) is 11.1 Å². The second-order valence-electron chi connectivity index (χ2n) is 6.09. The second kappa shape index (κ2) is 6.36. The van der Waals surface area contributed by atoms with Crippen LogP contribution in [-0.4, -0.2) is 26.5 Å². The number of aromatic nitrogens is 4. The smallest absolute Gasteiger partial charge is 0.223 e. The van der Waals surface area contributed by atoms with Gasteiger partial charge in [-0.25, -0.2) is 15.0 Å². The fourth-order valence-electron chi connectivity index (χ4n) is 2.74. The van der Waals surface area contributed by atoms with Crippen LogP contribution in [-0.2, 0) is 6.42 Å². The van der Waals surface area contributed by atoms with Gasteiger partial charge in [-0.1, -0.05) is 6.07 Å². The maximum Gasteiger partial charge on any atom is 0.223 e. The van der Waals surface area contributed by atoms with E-state index >= 15 is 0 Å². The van der Waals surface area contributed by atoms with Crippen LogP contribution in [0.5, 0.6) is 0 Å². The topological polar surface area (TPSA) is 66.5 Å². The molecule has 0 saturated heterocycles. The molecule has 0 aliphatic carbocycles. The van der Waals surface area contributed by atoms with Crippen molar-refractivity contribution in [3.63, 3.8) is 0 Å². The molecule has 0 radical (unpaired) electrons. The minimum Gasteiger partial charge on any atom is -0.354 e. The lowest BCUT2D eigenvalue weighted by molar-refractivity contribution is 0.811. The van der Waals surface area contributed by atoms with Crippen molar-refractivity contribution in [2.45, 2.75) is 40.5 Å². The summed E-state index contributed by atoms with van der Waals surface area (Å²) in [6, 6.07) is 6.22. The summed E-state index contributed by atoms with van der Waals surface area (Å²) < 4.78 is 0. The number of H-pyrrole nitrogens is 1. The van der Waals surface area contributed by atoms with E-state index in [-0.39, 0.29) is 0 Å². The Bertz CT molecular complexity index is 815. The van der Waals surface area contributed by atoms with E-state index in [1.807, 2.05) is 19.9 Å². The summed E-state index contributed by atoms with van der Waals surface area (Å²) in [6.07, 6.45) is 1.89. The summed E-state index contributed by atoms with van der Waals surface area (Å²) in [5, 5.41) is 3.29. The van der Waals surface area contributed by atoms with Gasteiger partial charge in [-0.15, -0.1) is 0 Å². The lowest BCUT2D eigenvalue weighted by Crippen LogP contribution is -2.08. The van der Waals surface area contributed by atoms with Crippen molar-refractivity contribution >= 4 is 17.0 Å². The number of fused-ring (bicyclic) bond motifs is 1. The number of aromatic amines is 1. The van der Waals surface area contributed by atoms with Crippen molar-refractivity contribution < 1.29 is 0 Å². The average Bonchev–Trinajstić information content (AvgIpc) is 2.90. The first-order valence-corrected chi connectivity index (χ1v) is 8.04. The molecule has 0 fully saturated rings. The van der Waals surface area contributed by atoms with Gasteiger partial charge in [0.15, 0.2) is 0 Å². The van der Waals surface area contributed by atoms with Crippen molar-refractivity contribution in [1.29, 1.82) is 0 Å². The first-order valence-electron chi connectivity index (χ1n) is 8.04. The number of rotatable bonds is 5. The molecule has 0 atom stereocenters. The van der Waals surface area contributed by atoms with E-state index in [9.17, 15) is 0 Å². The normalized spacial score (nSPS) is 11.1. The maximum absolute atomic E-state index is 4.73. The number of benzene rings is 1. The van der Waals surface area contributed by atoms with Crippen molar-refractivity contribution in [2.75, 3.05) is 11.9 Å². The first kappa shape index (κ1) is 15.5. The summed E-state index contributed by atoms with van der Waals surface area (Å²) in [4.78, 5) is 16.9. The first-order chi connectivity index (χ1) is 11.0. The third kappa shape index (κ3) is 3.50. The number of hydrogen-bond donors (Lipinski definition) is 2. The molecule has 0 unspecified atom stereocenters. The number of nitrogens with zero attached hydrogens (tertiary/aromatic N) is 3. The standard InChI is InChI=1S/C18H23N5/c1-11-7-8-15-17(14(11)4)23-16(22-15)6-5-9-19-18-20-12(2)10-13(3)21-18/h7-8,10H,5-6,9H2,1-4H3,(H,22,23)(H,19,20,21). The molecule has 23 heavy (non-hydrogen) atoms. The zero-order valence-corrected chi connectivity index (χ0v) is 14.2. The minimum absolute atomic E-state index is 0.707. The van der Waals surface area contributed by atoms with Crippen LogP contribution in [0.15, 0.2) is 18.2 Å². The molecular weight excluding hydrogens is 286 g/mol. The zero-order valence-electron chi connectivity index (χ0n) is 14.2. The third-order valence-corrected chi connectivity index (χ3v) is 4.08. The fraction of sp³-hybridized carbons (Fsp3) is 0.389. The monoisotopic (exact) mass is 309 g/mol. The summed E-state index contributed by atoms with van der Waals surface area (Å²) in [5.41, 5.74) is 6.72. The number of nitrogens with one attached hydrogen (secondary N) is 2. The van der Waals surface area contributed by atoms with Gasteiger partial charge in [-0.2, -0.15) is 0 Å². The zero-order chi connectivity index (χ0) is 16.4. The van der Waals surface area contributed by atoms with E-state index in [1.54, 1.807) is 0 Å². The third-order valence-electron chi connectivity index (χ3n) is 4.08. The highest BCUT2D eigenvalue weighted by atomic mass is 15.1. The summed E-state index contributed by atoms with van der Waals surface area (Å²) in [6.45, 7) is 9.05. The molecule has 0 saturated carbocycles. The Morgan fingerprint density at radius 2 is 1.74 bits per heavy atom. The van der Waals surface area contributed by atoms with Gasteiger partial charge >= 0.3 is 0 Å². The number of anilines is 1. The summed E-state index contributed by atoms with van der Waals surface area (Å²) >= 11 is 0. The van der Waals surface area contributed by atoms with Crippen molar-refractivity contribution in [3.05, 3.63) is 46.5 Å². The van der Waals surface area contributed by atoms with Crippen molar-refractivity contribution in [2.24, 2.45) is 0 Å². The molecule has 0 amide bonds. The van der Waals surface area contributed by atoms with E-state index in [2.05, 4.69) is 46.2 Å². The molecule has 0 bridgehead atoms. The van der Waals surface area contributed by atoms with Crippen LogP contribution >= 0.6 is 0 Å². The molecule has 2 aromatic heterocycles. The Balaban J connectivity index is 1.59. The van der Waals surface area contributed by atoms with E-state index in [0.29, 0.717) is 5.95 Å². The SMILES string of the molecule is Cc1cc(C)nc(NCCCc2nc3c(C)c(C)ccc3[nH]2)n1. The van der Waals surface area contributed by atoms with Gasteiger partial charge in [-0.05, 0) is 57.4 Å². The molecule has 1 aromatic carbocycles. The van der Waals surface area contributed by atoms with Gasteiger partial charge < -0.3 is 10.3 Å². The van der Waals surface area contributed by atoms with Gasteiger partial charge in [0.25, 0.3) is 0 Å². The molecule has 2 heterocycles. The summed E-state index contributed by atoms with van der Waals surface area (Å²) in [7, 11) is 0. The molecule has 3 aromatic rings. The number of aryl methyl sites for hydroxylation is 5. The van der Waals surface area contributed by atoms with E-state index in [4.69, 9.17) is 4.98 Å². The van der Waals surface area contributed by atoms with Crippen molar-refractivity contribution in [3.8, 4) is 0 Å². The summed E-state index contributed by atoms with van der Waals surface area (Å²) in [5.74, 6) is 1.75. The van der Waals surface area contributed by atoms with Crippen LogP contribution < -0.4 is 5.32 Å². The molecule has 120 valence electrons. The predicted octanol–water partition coefficient (Wildman–Crippen LogP) is 3.63. The van der Waals surface area contributed by atoms with Crippen LogP contribution in [0.4, 0.5) is 5.95 Å². The lowest BCUT2D eigenvalue weighted by Gasteiger charge is -2.05. The van der Waals surface area contributed by atoms with Gasteiger partial charge in [-0.3, -0.25) is 0 Å². The Morgan fingerprint density at radius 1 is 1.00 bits per heavy atom. The molecule has 5 nitrogen and oxygen atoms in total. The lowest BCUT2D eigenvalue weighted by atomic mass is 10.1. The highest BCUT2D eigenvalue weighted by Gasteiger charge is 2.07. The van der Waals surface area contributed by atoms with Gasteiger partial charge in [0.1, 0.15) is 5.82 Å². The molecular formula is C18H23N5. The van der Waals surface area contributed by atoms with Crippen LogP contribution in [0.25, 0.3) is 11.0 Å². The quantitative estimate of drug-likeness (QED) is 0.706. The molecule has 0 spiro atoms. The van der Waals surface area contributed by atoms with Crippen LogP contribution in [0.1, 0.15) is 34.8 Å². The number of hydrogen-bond acceptors (Lipinski definition) is 4. The average molecular weight is 309 g/mol.